The molecule has 0 atom stereocenters. The van der Waals surface area contributed by atoms with Crippen molar-refractivity contribution in [3.05, 3.63) is 58.4 Å². The first-order chi connectivity index (χ1) is 12.0. The van der Waals surface area contributed by atoms with Gasteiger partial charge in [-0.05, 0) is 25.7 Å². The summed E-state index contributed by atoms with van der Waals surface area (Å²) in [7, 11) is 6.08. The SMILES string of the molecule is Bc1ccc2oc3c(=O)[nH]c(-c4ccc(CN(C)C)cc4)nc3c2c1. The van der Waals surface area contributed by atoms with Gasteiger partial charge in [-0.3, -0.25) is 4.79 Å². The van der Waals surface area contributed by atoms with Crippen LogP contribution in [0, 0.1) is 0 Å². The first-order valence-corrected chi connectivity index (χ1v) is 8.18. The third-order valence-electron chi connectivity index (χ3n) is 4.21. The number of nitrogens with zero attached hydrogens (tertiary/aromatic N) is 2. The molecule has 2 aromatic carbocycles. The van der Waals surface area contributed by atoms with E-state index in [1.807, 2.05) is 52.3 Å². The third kappa shape index (κ3) is 2.85. The lowest BCUT2D eigenvalue weighted by atomic mass is 9.95. The molecule has 6 heteroatoms. The molecule has 5 nitrogen and oxygen atoms in total. The Morgan fingerprint density at radius 1 is 1.16 bits per heavy atom. The summed E-state index contributed by atoms with van der Waals surface area (Å²) in [4.78, 5) is 22.1. The summed E-state index contributed by atoms with van der Waals surface area (Å²) in [6.07, 6.45) is 0. The Morgan fingerprint density at radius 3 is 2.64 bits per heavy atom. The van der Waals surface area contributed by atoms with E-state index in [4.69, 9.17) is 4.42 Å². The van der Waals surface area contributed by atoms with E-state index in [9.17, 15) is 4.79 Å². The van der Waals surface area contributed by atoms with E-state index < -0.39 is 0 Å². The van der Waals surface area contributed by atoms with Crippen molar-refractivity contribution in [1.82, 2.24) is 14.9 Å². The van der Waals surface area contributed by atoms with Crippen molar-refractivity contribution in [2.75, 3.05) is 14.1 Å². The highest BCUT2D eigenvalue weighted by atomic mass is 16.3. The molecule has 0 saturated carbocycles. The van der Waals surface area contributed by atoms with Crippen molar-refractivity contribution in [3.8, 4) is 11.4 Å². The molecule has 0 radical (unpaired) electrons. The number of benzene rings is 2. The van der Waals surface area contributed by atoms with Crippen LogP contribution in [0.3, 0.4) is 0 Å². The van der Waals surface area contributed by atoms with E-state index in [1.54, 1.807) is 0 Å². The van der Waals surface area contributed by atoms with Gasteiger partial charge in [-0.1, -0.05) is 41.9 Å². The number of fused-ring (bicyclic) bond motifs is 3. The zero-order valence-corrected chi connectivity index (χ0v) is 14.5. The van der Waals surface area contributed by atoms with Crippen LogP contribution < -0.4 is 11.0 Å². The minimum atomic E-state index is -0.258. The monoisotopic (exact) mass is 331 g/mol. The van der Waals surface area contributed by atoms with Crippen LogP contribution in [0.4, 0.5) is 0 Å². The Kier molecular flexibility index (Phi) is 3.69. The molecule has 1 N–H and O–H groups in total. The second kappa shape index (κ2) is 5.90. The third-order valence-corrected chi connectivity index (χ3v) is 4.21. The maximum atomic E-state index is 12.4. The Hall–Kier alpha value is -2.86. The van der Waals surface area contributed by atoms with Crippen LogP contribution in [0.1, 0.15) is 5.56 Å². The van der Waals surface area contributed by atoms with E-state index in [2.05, 4.69) is 27.0 Å². The molecule has 0 aliphatic rings. The lowest BCUT2D eigenvalue weighted by Crippen LogP contribution is -2.10. The average molecular weight is 331 g/mol. The molecule has 0 unspecified atom stereocenters. The van der Waals surface area contributed by atoms with Gasteiger partial charge in [0.25, 0.3) is 5.56 Å². The molecule has 0 aliphatic heterocycles. The average Bonchev–Trinajstić information content (AvgIpc) is 2.94. The molecule has 2 heterocycles. The summed E-state index contributed by atoms with van der Waals surface area (Å²) in [5.41, 5.74) is 4.49. The standard InChI is InChI=1S/C19H18BN3O2/c1-23(2)10-11-3-5-12(6-4-11)18-21-16-14-9-13(20)7-8-15(14)25-17(16)19(24)22-18/h3-9H,10,20H2,1-2H3,(H,21,22,24). The van der Waals surface area contributed by atoms with Gasteiger partial charge in [0.1, 0.15) is 24.8 Å². The fourth-order valence-corrected chi connectivity index (χ4v) is 3.04. The fraction of sp³-hybridized carbons (Fsp3) is 0.158. The second-order valence-electron chi connectivity index (χ2n) is 6.63. The maximum Gasteiger partial charge on any atom is 0.294 e. The molecule has 0 bridgehead atoms. The number of furan rings is 1. The molecule has 0 amide bonds. The van der Waals surface area contributed by atoms with Crippen LogP contribution in [0.5, 0.6) is 0 Å². The highest BCUT2D eigenvalue weighted by Gasteiger charge is 2.14. The summed E-state index contributed by atoms with van der Waals surface area (Å²) >= 11 is 0. The van der Waals surface area contributed by atoms with Gasteiger partial charge in [0.2, 0.25) is 5.58 Å². The summed E-state index contributed by atoms with van der Waals surface area (Å²) in [5.74, 6) is 0.554. The first kappa shape index (κ1) is 15.7. The van der Waals surface area contributed by atoms with Gasteiger partial charge in [0.15, 0.2) is 0 Å². The van der Waals surface area contributed by atoms with E-state index in [-0.39, 0.29) is 11.1 Å². The van der Waals surface area contributed by atoms with Crippen molar-refractivity contribution in [2.24, 2.45) is 0 Å². The number of H-pyrrole nitrogens is 1. The van der Waals surface area contributed by atoms with Gasteiger partial charge in [-0.2, -0.15) is 0 Å². The van der Waals surface area contributed by atoms with Crippen LogP contribution in [-0.2, 0) is 6.54 Å². The number of nitrogens with one attached hydrogen (secondary N) is 1. The molecule has 0 saturated heterocycles. The van der Waals surface area contributed by atoms with Crippen molar-refractivity contribution in [2.45, 2.75) is 6.54 Å². The van der Waals surface area contributed by atoms with Gasteiger partial charge in [-0.25, -0.2) is 4.98 Å². The molecule has 2 aromatic heterocycles. The van der Waals surface area contributed by atoms with E-state index in [0.29, 0.717) is 16.9 Å². The quantitative estimate of drug-likeness (QED) is 0.580. The van der Waals surface area contributed by atoms with E-state index in [1.165, 1.54) is 5.56 Å². The second-order valence-corrected chi connectivity index (χ2v) is 6.63. The number of hydrogen-bond acceptors (Lipinski definition) is 4. The minimum absolute atomic E-state index is 0.258. The summed E-state index contributed by atoms with van der Waals surface area (Å²) in [6, 6.07) is 13.9. The topological polar surface area (TPSA) is 62.1 Å². The molecule has 0 fully saturated rings. The van der Waals surface area contributed by atoms with E-state index >= 15 is 0 Å². The van der Waals surface area contributed by atoms with Crippen molar-refractivity contribution < 1.29 is 4.42 Å². The lowest BCUT2D eigenvalue weighted by Gasteiger charge is -2.09. The van der Waals surface area contributed by atoms with Gasteiger partial charge < -0.3 is 14.3 Å². The van der Waals surface area contributed by atoms with Crippen LogP contribution in [0.25, 0.3) is 33.5 Å². The molecule has 4 rings (SSSR count). The van der Waals surface area contributed by atoms with Gasteiger partial charge in [-0.15, -0.1) is 0 Å². The van der Waals surface area contributed by atoms with Gasteiger partial charge in [0.05, 0.1) is 0 Å². The summed E-state index contributed by atoms with van der Waals surface area (Å²) < 4.78 is 5.68. The van der Waals surface area contributed by atoms with Gasteiger partial charge >= 0.3 is 0 Å². The lowest BCUT2D eigenvalue weighted by molar-refractivity contribution is 0.402. The zero-order chi connectivity index (χ0) is 17.6. The zero-order valence-electron chi connectivity index (χ0n) is 14.5. The maximum absolute atomic E-state index is 12.4. The van der Waals surface area contributed by atoms with Crippen LogP contribution in [0.2, 0.25) is 0 Å². The Bertz CT molecular complexity index is 1130. The Balaban J connectivity index is 1.86. The van der Waals surface area contributed by atoms with Crippen LogP contribution >= 0.6 is 0 Å². The summed E-state index contributed by atoms with van der Waals surface area (Å²) in [6.45, 7) is 0.870. The predicted octanol–water partition coefficient (Wildman–Crippen LogP) is 1.66. The van der Waals surface area contributed by atoms with Crippen molar-refractivity contribution in [1.29, 1.82) is 0 Å². The molecular formula is C19H18BN3O2. The van der Waals surface area contributed by atoms with Crippen LogP contribution in [-0.4, -0.2) is 36.8 Å². The Morgan fingerprint density at radius 2 is 1.92 bits per heavy atom. The molecule has 0 spiro atoms. The predicted molar refractivity (Wildman–Crippen MR) is 103 cm³/mol. The normalized spacial score (nSPS) is 11.6. The first-order valence-electron chi connectivity index (χ1n) is 8.18. The number of hydrogen-bond donors (Lipinski definition) is 1. The van der Waals surface area contributed by atoms with Gasteiger partial charge in [0, 0.05) is 17.5 Å². The fourth-order valence-electron chi connectivity index (χ4n) is 3.04. The molecule has 4 aromatic rings. The summed E-state index contributed by atoms with van der Waals surface area (Å²) in [5, 5.41) is 0.867. The van der Waals surface area contributed by atoms with E-state index in [0.717, 1.165) is 23.0 Å². The number of aromatic nitrogens is 2. The highest BCUT2D eigenvalue weighted by Crippen LogP contribution is 2.26. The van der Waals surface area contributed by atoms with Crippen molar-refractivity contribution >= 4 is 35.4 Å². The molecular weight excluding hydrogens is 313 g/mol. The molecule has 124 valence electrons. The van der Waals surface area contributed by atoms with Crippen LogP contribution in [0.15, 0.2) is 51.7 Å². The largest absolute Gasteiger partial charge is 0.449 e. The van der Waals surface area contributed by atoms with Crippen molar-refractivity contribution in [3.63, 3.8) is 0 Å². The highest BCUT2D eigenvalue weighted by molar-refractivity contribution is 6.33. The molecule has 25 heavy (non-hydrogen) atoms. The minimum Gasteiger partial charge on any atom is -0.449 e. The number of aromatic amines is 1. The Labute approximate surface area is 145 Å². The smallest absolute Gasteiger partial charge is 0.294 e. The molecule has 0 aliphatic carbocycles. The number of rotatable bonds is 3.